The van der Waals surface area contributed by atoms with E-state index >= 15 is 0 Å². The fraction of sp³-hybridized carbons (Fsp3) is 0.292. The van der Waals surface area contributed by atoms with E-state index in [-0.39, 0.29) is 17.4 Å². The van der Waals surface area contributed by atoms with E-state index in [0.717, 1.165) is 29.5 Å². The molecule has 3 aromatic rings. The van der Waals surface area contributed by atoms with Crippen LogP contribution in [-0.2, 0) is 16.7 Å². The van der Waals surface area contributed by atoms with Gasteiger partial charge in [-0.2, -0.15) is 4.98 Å². The number of hydrogen-bond donors (Lipinski definition) is 1. The molecule has 33 heavy (non-hydrogen) atoms. The zero-order valence-corrected chi connectivity index (χ0v) is 18.3. The maximum absolute atomic E-state index is 14.9. The van der Waals surface area contributed by atoms with Crippen LogP contribution < -0.4 is 0 Å². The molecule has 7 nitrogen and oxygen atoms in total. The van der Waals surface area contributed by atoms with Crippen LogP contribution >= 0.6 is 11.6 Å². The summed E-state index contributed by atoms with van der Waals surface area (Å²) in [5, 5.41) is 13.2. The van der Waals surface area contributed by atoms with Crippen molar-refractivity contribution in [3.63, 3.8) is 0 Å². The third-order valence-electron chi connectivity index (χ3n) is 6.05. The molecule has 0 radical (unpaired) electrons. The molecule has 0 spiro atoms. The van der Waals surface area contributed by atoms with E-state index in [1.807, 2.05) is 36.4 Å². The van der Waals surface area contributed by atoms with Gasteiger partial charge in [0.1, 0.15) is 6.10 Å². The summed E-state index contributed by atoms with van der Waals surface area (Å²) in [5.74, 6) is -0.358. The summed E-state index contributed by atoms with van der Waals surface area (Å²) >= 11 is 5.96. The van der Waals surface area contributed by atoms with Crippen LogP contribution in [0.15, 0.2) is 59.1 Å². The first-order valence-corrected chi connectivity index (χ1v) is 11.0. The number of halogens is 2. The molecule has 2 aliphatic rings. The molecule has 1 aliphatic heterocycles. The molecule has 9 heteroatoms. The third kappa shape index (κ3) is 4.77. The molecule has 1 aromatic heterocycles. The predicted molar refractivity (Wildman–Crippen MR) is 119 cm³/mol. The highest BCUT2D eigenvalue weighted by Crippen LogP contribution is 2.51. The van der Waals surface area contributed by atoms with Crippen LogP contribution in [0.5, 0.6) is 0 Å². The van der Waals surface area contributed by atoms with Crippen LogP contribution in [0.4, 0.5) is 9.18 Å². The van der Waals surface area contributed by atoms with Crippen molar-refractivity contribution >= 4 is 23.6 Å². The number of aromatic nitrogens is 2. The summed E-state index contributed by atoms with van der Waals surface area (Å²) in [6.45, 7) is 1.83. The summed E-state index contributed by atoms with van der Waals surface area (Å²) in [6, 6.07) is 15.0. The Morgan fingerprint density at radius 3 is 2.55 bits per heavy atom. The van der Waals surface area contributed by atoms with Crippen molar-refractivity contribution in [3.05, 3.63) is 76.6 Å². The number of nitrogens with zero attached hydrogens (tertiary/aromatic N) is 3. The summed E-state index contributed by atoms with van der Waals surface area (Å²) in [6.07, 6.45) is 1.75. The van der Waals surface area contributed by atoms with Gasteiger partial charge in [0.2, 0.25) is 5.82 Å². The fourth-order valence-corrected chi connectivity index (χ4v) is 4.19. The van der Waals surface area contributed by atoms with Crippen LogP contribution in [0.25, 0.3) is 17.2 Å². The summed E-state index contributed by atoms with van der Waals surface area (Å²) < 4.78 is 24.8. The minimum Gasteiger partial charge on any atom is -0.450 e. The van der Waals surface area contributed by atoms with Crippen LogP contribution in [0, 0.1) is 0 Å². The Morgan fingerprint density at radius 1 is 1.21 bits per heavy atom. The van der Waals surface area contributed by atoms with Crippen molar-refractivity contribution in [2.24, 2.45) is 0 Å². The van der Waals surface area contributed by atoms with Crippen LogP contribution in [0.1, 0.15) is 29.9 Å². The molecule has 2 heterocycles. The van der Waals surface area contributed by atoms with E-state index in [1.165, 1.54) is 0 Å². The second kappa shape index (κ2) is 8.61. The number of benzene rings is 2. The molecular formula is C24H21ClFN3O4. The van der Waals surface area contributed by atoms with Crippen molar-refractivity contribution in [1.29, 1.82) is 0 Å². The molecule has 1 N–H and O–H groups in total. The van der Waals surface area contributed by atoms with Gasteiger partial charge in [0.25, 0.3) is 5.89 Å². The van der Waals surface area contributed by atoms with Crippen molar-refractivity contribution < 1.29 is 23.6 Å². The smallest absolute Gasteiger partial charge is 0.450 e. The van der Waals surface area contributed by atoms with Gasteiger partial charge in [-0.1, -0.05) is 53.2 Å². The monoisotopic (exact) mass is 469 g/mol. The molecule has 0 bridgehead atoms. The Hall–Kier alpha value is -3.23. The van der Waals surface area contributed by atoms with E-state index in [4.69, 9.17) is 26.0 Å². The predicted octanol–water partition coefficient (Wildman–Crippen LogP) is 5.31. The first-order valence-electron chi connectivity index (χ1n) is 10.6. The number of rotatable bonds is 7. The quantitative estimate of drug-likeness (QED) is 0.469. The van der Waals surface area contributed by atoms with Crippen LogP contribution in [-0.4, -0.2) is 45.5 Å². The van der Waals surface area contributed by atoms with Crippen LogP contribution in [0.3, 0.4) is 0 Å². The van der Waals surface area contributed by atoms with E-state index in [2.05, 4.69) is 15.0 Å². The topological polar surface area (TPSA) is 88.7 Å². The lowest BCUT2D eigenvalue weighted by atomic mass is 9.95. The Bertz CT molecular complexity index is 1180. The first kappa shape index (κ1) is 21.6. The number of carboxylic acid groups (broad SMARTS) is 1. The number of allylic oxidation sites excluding steroid dienone is 1. The van der Waals surface area contributed by atoms with E-state index in [0.29, 0.717) is 30.5 Å². The minimum atomic E-state index is -1.24. The van der Waals surface area contributed by atoms with Gasteiger partial charge in [-0.3, -0.25) is 4.90 Å². The first-order chi connectivity index (χ1) is 15.9. The molecular weight excluding hydrogens is 449 g/mol. The van der Waals surface area contributed by atoms with Gasteiger partial charge in [-0.25, -0.2) is 9.18 Å². The maximum Gasteiger partial charge on any atom is 0.506 e. The standard InChI is InChI=1S/C24H21ClFN3O4/c25-18-7-5-17(6-8-18)24(9-10-24)11-20(26)22-27-21(28-33-22)16-3-1-15(2-4-16)12-29-13-19(14-29)32-23(30)31/h1-8,11,19H,9-10,12-14H2,(H,30,31)/b20-11+. The largest absolute Gasteiger partial charge is 0.506 e. The van der Waals surface area contributed by atoms with Gasteiger partial charge in [-0.15, -0.1) is 0 Å². The second-order valence-corrected chi connectivity index (χ2v) is 8.91. The van der Waals surface area contributed by atoms with Gasteiger partial charge in [0, 0.05) is 35.6 Å². The Morgan fingerprint density at radius 2 is 1.91 bits per heavy atom. The zero-order valence-electron chi connectivity index (χ0n) is 17.6. The van der Waals surface area contributed by atoms with Gasteiger partial charge in [0.05, 0.1) is 0 Å². The molecule has 1 aliphatic carbocycles. The van der Waals surface area contributed by atoms with Crippen molar-refractivity contribution in [2.75, 3.05) is 13.1 Å². The average molecular weight is 470 g/mol. The lowest BCUT2D eigenvalue weighted by molar-refractivity contribution is -0.0363. The number of carbonyl (C=O) groups is 1. The van der Waals surface area contributed by atoms with Gasteiger partial charge < -0.3 is 14.4 Å². The minimum absolute atomic E-state index is 0.139. The Labute approximate surface area is 194 Å². The zero-order chi connectivity index (χ0) is 23.0. The summed E-state index contributed by atoms with van der Waals surface area (Å²) in [7, 11) is 0. The molecule has 170 valence electrons. The van der Waals surface area contributed by atoms with Crippen molar-refractivity contribution in [3.8, 4) is 11.4 Å². The highest BCUT2D eigenvalue weighted by atomic mass is 35.5. The van der Waals surface area contributed by atoms with E-state index in [9.17, 15) is 9.18 Å². The van der Waals surface area contributed by atoms with Crippen molar-refractivity contribution in [2.45, 2.75) is 30.9 Å². The molecule has 2 fully saturated rings. The second-order valence-electron chi connectivity index (χ2n) is 8.48. The Balaban J connectivity index is 1.23. The Kier molecular flexibility index (Phi) is 5.64. The molecule has 1 saturated heterocycles. The van der Waals surface area contributed by atoms with E-state index in [1.54, 1.807) is 18.2 Å². The molecule has 5 rings (SSSR count). The SMILES string of the molecule is O=C(O)OC1CN(Cc2ccc(-c3noc(/C(F)=C\C4(c5ccc(Cl)cc5)CC4)n3)cc2)C1. The lowest BCUT2D eigenvalue weighted by Gasteiger charge is -2.37. The third-order valence-corrected chi connectivity index (χ3v) is 6.30. The average Bonchev–Trinajstić information content (AvgIpc) is 3.37. The number of ether oxygens (including phenoxy) is 1. The van der Waals surface area contributed by atoms with E-state index < -0.39 is 12.0 Å². The highest BCUT2D eigenvalue weighted by Gasteiger charge is 2.43. The number of likely N-dealkylation sites (tertiary alicyclic amines) is 1. The fourth-order valence-electron chi connectivity index (χ4n) is 4.06. The molecule has 1 saturated carbocycles. The summed E-state index contributed by atoms with van der Waals surface area (Å²) in [5.41, 5.74) is 2.44. The van der Waals surface area contributed by atoms with Gasteiger partial charge >= 0.3 is 6.16 Å². The normalized spacial score (nSPS) is 18.1. The van der Waals surface area contributed by atoms with Crippen molar-refractivity contribution in [1.82, 2.24) is 15.0 Å². The highest BCUT2D eigenvalue weighted by molar-refractivity contribution is 6.30. The molecule has 0 unspecified atom stereocenters. The van der Waals surface area contributed by atoms with Crippen LogP contribution in [0.2, 0.25) is 5.02 Å². The lowest BCUT2D eigenvalue weighted by Crippen LogP contribution is -2.52. The molecule has 2 aromatic carbocycles. The number of hydrogen-bond acceptors (Lipinski definition) is 6. The maximum atomic E-state index is 14.9. The van der Waals surface area contributed by atoms with Gasteiger partial charge in [-0.05, 0) is 42.2 Å². The summed E-state index contributed by atoms with van der Waals surface area (Å²) in [4.78, 5) is 16.9. The molecule has 0 atom stereocenters. The van der Waals surface area contributed by atoms with Gasteiger partial charge in [0.15, 0.2) is 5.83 Å². The molecule has 0 amide bonds.